The average Bonchev–Trinajstić information content (AvgIpc) is 2.88. The minimum Gasteiger partial charge on any atom is -1.00 e. The van der Waals surface area contributed by atoms with Gasteiger partial charge in [-0.2, -0.15) is 5.20 Å². The van der Waals surface area contributed by atoms with Crippen molar-refractivity contribution in [1.29, 1.82) is 0 Å². The summed E-state index contributed by atoms with van der Waals surface area (Å²) < 4.78 is 0. The number of benzene rings is 1. The van der Waals surface area contributed by atoms with Crippen molar-refractivity contribution in [2.24, 2.45) is 0 Å². The van der Waals surface area contributed by atoms with Crippen LogP contribution in [0.15, 0.2) is 46.7 Å². The Hall–Kier alpha value is 0.501. The fourth-order valence-electron chi connectivity index (χ4n) is 3.08. The first-order valence-electron chi connectivity index (χ1n) is 8.70. The maximum Gasteiger partial charge on any atom is 4.00 e. The molecule has 1 aliphatic rings. The van der Waals surface area contributed by atoms with Crippen LogP contribution in [-0.4, -0.2) is 9.52 Å². The van der Waals surface area contributed by atoms with E-state index < -0.39 is 0 Å². The van der Waals surface area contributed by atoms with E-state index in [1.165, 1.54) is 51.4 Å². The molecule has 0 fully saturated rings. The Morgan fingerprint density at radius 3 is 2.12 bits per heavy atom. The van der Waals surface area contributed by atoms with E-state index in [4.69, 9.17) is 0 Å². The van der Waals surface area contributed by atoms with Crippen LogP contribution in [0.1, 0.15) is 65.2 Å². The quantitative estimate of drug-likeness (QED) is 0.202. The van der Waals surface area contributed by atoms with E-state index in [1.54, 1.807) is 21.5 Å². The summed E-state index contributed by atoms with van der Waals surface area (Å²) in [6.07, 6.45) is 14.3. The van der Waals surface area contributed by atoms with Gasteiger partial charge in [0.15, 0.2) is 0 Å². The predicted molar refractivity (Wildman–Crippen MR) is 96.7 cm³/mol. The van der Waals surface area contributed by atoms with E-state index in [-0.39, 0.29) is 68.5 Å². The van der Waals surface area contributed by atoms with Gasteiger partial charge >= 0.3 is 21.7 Å². The minimum atomic E-state index is -0.286. The van der Waals surface area contributed by atoms with E-state index in [1.807, 2.05) is 0 Å². The second-order valence-electron chi connectivity index (χ2n) is 6.21. The van der Waals surface area contributed by atoms with Crippen LogP contribution in [0.25, 0.3) is 0 Å². The Balaban J connectivity index is -0.00000121. The van der Waals surface area contributed by atoms with Gasteiger partial charge in [0.1, 0.15) is 0 Å². The zero-order chi connectivity index (χ0) is 14.9. The smallest absolute Gasteiger partial charge is 1.00 e. The standard InChI is InChI=1S/C20H29Si.3ClH.Ti/c1-3-5-8-12-18-16-20(15-17(18)11-6-4-2)21-19-13-9-7-10-14-19;;;;/h7,9-10,13-14H,3-6,8,11-12,16,21H2,1-2H3;3*1H;/q-1;;;;+4/p-3. The fraction of sp³-hybridized carbons (Fsp3) is 0.500. The monoisotopic (exact) mass is 450 g/mol. The number of rotatable bonds is 9. The third-order valence-electron chi connectivity index (χ3n) is 4.30. The first-order chi connectivity index (χ1) is 10.3. The summed E-state index contributed by atoms with van der Waals surface area (Å²) >= 11 is 0. The van der Waals surface area contributed by atoms with Gasteiger partial charge in [-0.25, -0.2) is 11.1 Å². The molecule has 5 heteroatoms. The molecule has 0 aliphatic heterocycles. The minimum absolute atomic E-state index is 0. The zero-order valence-corrected chi connectivity index (χ0v) is 20.6. The SMILES string of the molecule is CCCCCC1=C(CCCC)[C-]=C([SiH2]c2ccccc2)C1.[Cl-].[Cl-].[Cl-].[Ti+4]. The molecule has 138 valence electrons. The van der Waals surface area contributed by atoms with Crippen LogP contribution in [0.4, 0.5) is 0 Å². The fourth-order valence-corrected chi connectivity index (χ4v) is 4.81. The summed E-state index contributed by atoms with van der Waals surface area (Å²) in [5, 5.41) is 3.20. The Bertz CT molecular complexity index is 501. The van der Waals surface area contributed by atoms with Crippen molar-refractivity contribution in [2.45, 2.75) is 65.2 Å². The third kappa shape index (κ3) is 11.1. The summed E-state index contributed by atoms with van der Waals surface area (Å²) in [5.41, 5.74) is 3.29. The van der Waals surface area contributed by atoms with E-state index in [0.29, 0.717) is 0 Å². The average molecular weight is 452 g/mol. The molecule has 0 spiro atoms. The van der Waals surface area contributed by atoms with Gasteiger partial charge in [-0.15, -0.1) is 0 Å². The molecule has 0 aromatic heterocycles. The number of halogens is 3. The molecule has 0 unspecified atom stereocenters. The van der Waals surface area contributed by atoms with E-state index in [2.05, 4.69) is 50.3 Å². The van der Waals surface area contributed by atoms with Gasteiger partial charge in [0, 0.05) is 0 Å². The van der Waals surface area contributed by atoms with Crippen molar-refractivity contribution >= 4 is 14.7 Å². The molecule has 0 bridgehead atoms. The molecule has 0 N–H and O–H groups in total. The molecular formula is C20H29Cl3SiTi. The van der Waals surface area contributed by atoms with Gasteiger partial charge in [0.05, 0.1) is 9.52 Å². The van der Waals surface area contributed by atoms with Crippen molar-refractivity contribution in [3.63, 3.8) is 0 Å². The van der Waals surface area contributed by atoms with Crippen molar-refractivity contribution < 1.29 is 58.9 Å². The Morgan fingerprint density at radius 2 is 1.52 bits per heavy atom. The van der Waals surface area contributed by atoms with Crippen molar-refractivity contribution in [3.8, 4) is 0 Å². The van der Waals surface area contributed by atoms with Crippen LogP contribution >= 0.6 is 0 Å². The Morgan fingerprint density at radius 1 is 0.880 bits per heavy atom. The van der Waals surface area contributed by atoms with Gasteiger partial charge < -0.3 is 37.2 Å². The van der Waals surface area contributed by atoms with Crippen LogP contribution in [0.5, 0.6) is 0 Å². The van der Waals surface area contributed by atoms with E-state index in [9.17, 15) is 0 Å². The van der Waals surface area contributed by atoms with Crippen LogP contribution in [-0.2, 0) is 21.7 Å². The Kier molecular flexibility index (Phi) is 21.6. The molecule has 0 amide bonds. The number of hydrogen-bond acceptors (Lipinski definition) is 0. The van der Waals surface area contributed by atoms with Crippen LogP contribution in [0, 0.1) is 6.08 Å². The van der Waals surface area contributed by atoms with Gasteiger partial charge in [0.25, 0.3) is 0 Å². The maximum absolute atomic E-state index is 3.81. The normalized spacial score (nSPS) is 12.8. The first kappa shape index (κ1) is 30.2. The molecular weight excluding hydrogens is 423 g/mol. The predicted octanol–water partition coefficient (Wildman–Crippen LogP) is -4.35. The molecule has 0 radical (unpaired) electrons. The largest absolute Gasteiger partial charge is 4.00 e. The molecule has 1 aromatic carbocycles. The molecule has 25 heavy (non-hydrogen) atoms. The molecule has 0 saturated carbocycles. The van der Waals surface area contributed by atoms with Crippen LogP contribution in [0.2, 0.25) is 0 Å². The second kappa shape index (κ2) is 17.9. The molecule has 1 aromatic rings. The van der Waals surface area contributed by atoms with Crippen molar-refractivity contribution in [3.05, 3.63) is 52.8 Å². The number of hydrogen-bond donors (Lipinski definition) is 0. The molecule has 2 rings (SSSR count). The summed E-state index contributed by atoms with van der Waals surface area (Å²) in [6.45, 7) is 4.58. The number of allylic oxidation sites excluding steroid dienone is 4. The molecule has 0 atom stereocenters. The van der Waals surface area contributed by atoms with Crippen LogP contribution < -0.4 is 42.4 Å². The number of unbranched alkanes of at least 4 members (excludes halogenated alkanes) is 3. The summed E-state index contributed by atoms with van der Waals surface area (Å²) in [4.78, 5) is 0. The van der Waals surface area contributed by atoms with E-state index in [0.717, 1.165) is 0 Å². The first-order valence-corrected chi connectivity index (χ1v) is 10.1. The molecule has 0 saturated heterocycles. The Labute approximate surface area is 190 Å². The van der Waals surface area contributed by atoms with Gasteiger partial charge in [-0.05, 0) is 0 Å². The summed E-state index contributed by atoms with van der Waals surface area (Å²) in [7, 11) is -0.286. The van der Waals surface area contributed by atoms with Crippen molar-refractivity contribution in [2.75, 3.05) is 0 Å². The second-order valence-corrected chi connectivity index (χ2v) is 8.23. The van der Waals surface area contributed by atoms with Gasteiger partial charge in [-0.3, -0.25) is 6.08 Å². The van der Waals surface area contributed by atoms with Gasteiger partial charge in [-0.1, -0.05) is 101 Å². The summed E-state index contributed by atoms with van der Waals surface area (Å²) in [5.74, 6) is 0. The molecule has 0 heterocycles. The van der Waals surface area contributed by atoms with Gasteiger partial charge in [0.2, 0.25) is 0 Å². The topological polar surface area (TPSA) is 0 Å². The van der Waals surface area contributed by atoms with Crippen LogP contribution in [0.3, 0.4) is 0 Å². The zero-order valence-electron chi connectivity index (χ0n) is 15.4. The summed E-state index contributed by atoms with van der Waals surface area (Å²) in [6, 6.07) is 11.0. The molecule has 1 aliphatic carbocycles. The third-order valence-corrected chi connectivity index (χ3v) is 6.04. The molecule has 0 nitrogen and oxygen atoms in total. The van der Waals surface area contributed by atoms with Crippen molar-refractivity contribution in [1.82, 2.24) is 0 Å². The van der Waals surface area contributed by atoms with E-state index >= 15 is 0 Å². The maximum atomic E-state index is 3.81.